The van der Waals surface area contributed by atoms with Gasteiger partial charge in [0.25, 0.3) is 0 Å². The Bertz CT molecular complexity index is 677. The van der Waals surface area contributed by atoms with Crippen LogP contribution in [0.2, 0.25) is 0 Å². The highest BCUT2D eigenvalue weighted by Crippen LogP contribution is 2.31. The summed E-state index contributed by atoms with van der Waals surface area (Å²) in [6.45, 7) is 1.54. The normalized spacial score (nSPS) is 16.7. The van der Waals surface area contributed by atoms with E-state index in [2.05, 4.69) is 34.3 Å². The van der Waals surface area contributed by atoms with Crippen LogP contribution in [0.15, 0.2) is 36.4 Å². The molecule has 1 aliphatic rings. The van der Waals surface area contributed by atoms with E-state index in [-0.39, 0.29) is 5.75 Å². The predicted molar refractivity (Wildman–Crippen MR) is 86.9 cm³/mol. The van der Waals surface area contributed by atoms with Gasteiger partial charge in [0, 0.05) is 12.6 Å². The Hall–Kier alpha value is -1.94. The van der Waals surface area contributed by atoms with Crippen molar-refractivity contribution in [2.75, 3.05) is 0 Å². The number of benzene rings is 2. The van der Waals surface area contributed by atoms with Gasteiger partial charge in [-0.2, -0.15) is 8.78 Å². The van der Waals surface area contributed by atoms with Crippen LogP contribution < -0.4 is 10.1 Å². The quantitative estimate of drug-likeness (QED) is 0.864. The lowest BCUT2D eigenvalue weighted by molar-refractivity contribution is -0.0507. The molecule has 122 valence electrons. The molecule has 0 saturated heterocycles. The number of nitrogens with one attached hydrogen (secondary N) is 1. The second-order valence-electron chi connectivity index (χ2n) is 6.11. The van der Waals surface area contributed by atoms with Gasteiger partial charge in [0.15, 0.2) is 0 Å². The highest BCUT2D eigenvalue weighted by molar-refractivity contribution is 5.43. The van der Waals surface area contributed by atoms with Crippen LogP contribution in [0.1, 0.15) is 40.3 Å². The number of halogens is 2. The van der Waals surface area contributed by atoms with Crippen LogP contribution in [0.5, 0.6) is 5.75 Å². The first-order chi connectivity index (χ1) is 11.0. The number of ether oxygens (including phenoxy) is 1. The SMILES string of the molecule is Cc1cc(CN[C@@H]2CCc3ccccc32)cc(C)c1OC(F)F. The predicted octanol–water partition coefficient (Wildman–Crippen LogP) is 4.68. The van der Waals surface area contributed by atoms with Gasteiger partial charge in [-0.15, -0.1) is 0 Å². The topological polar surface area (TPSA) is 21.3 Å². The van der Waals surface area contributed by atoms with E-state index in [1.807, 2.05) is 12.1 Å². The molecule has 0 aromatic heterocycles. The fourth-order valence-corrected chi connectivity index (χ4v) is 3.43. The molecule has 0 fully saturated rings. The molecule has 0 heterocycles. The van der Waals surface area contributed by atoms with E-state index in [4.69, 9.17) is 0 Å². The van der Waals surface area contributed by atoms with Crippen LogP contribution in [-0.4, -0.2) is 6.61 Å². The standard InChI is InChI=1S/C19H21F2NO/c1-12-9-14(10-13(2)18(12)23-19(20)21)11-22-17-8-7-15-5-3-4-6-16(15)17/h3-6,9-10,17,19,22H,7-8,11H2,1-2H3/t17-/m1/s1. The zero-order chi connectivity index (χ0) is 16.4. The number of hydrogen-bond donors (Lipinski definition) is 1. The molecule has 1 aliphatic carbocycles. The van der Waals surface area contributed by atoms with E-state index >= 15 is 0 Å². The van der Waals surface area contributed by atoms with Crippen molar-refractivity contribution in [3.05, 3.63) is 64.2 Å². The first kappa shape index (κ1) is 15.9. The first-order valence-electron chi connectivity index (χ1n) is 7.90. The van der Waals surface area contributed by atoms with Gasteiger partial charge in [-0.1, -0.05) is 36.4 Å². The summed E-state index contributed by atoms with van der Waals surface area (Å²) in [4.78, 5) is 0. The number of rotatable bonds is 5. The minimum absolute atomic E-state index is 0.287. The zero-order valence-corrected chi connectivity index (χ0v) is 13.4. The number of hydrogen-bond acceptors (Lipinski definition) is 2. The van der Waals surface area contributed by atoms with E-state index in [9.17, 15) is 8.78 Å². The van der Waals surface area contributed by atoms with Crippen molar-refractivity contribution >= 4 is 0 Å². The van der Waals surface area contributed by atoms with Crippen LogP contribution in [0.25, 0.3) is 0 Å². The number of fused-ring (bicyclic) bond motifs is 1. The van der Waals surface area contributed by atoms with Crippen molar-refractivity contribution in [1.82, 2.24) is 5.32 Å². The summed E-state index contributed by atoms with van der Waals surface area (Å²) in [6, 6.07) is 12.7. The van der Waals surface area contributed by atoms with Gasteiger partial charge >= 0.3 is 6.61 Å². The minimum atomic E-state index is -2.79. The summed E-state index contributed by atoms with van der Waals surface area (Å²) in [5, 5.41) is 3.58. The van der Waals surface area contributed by atoms with Crippen molar-refractivity contribution in [2.45, 2.75) is 45.9 Å². The van der Waals surface area contributed by atoms with Crippen molar-refractivity contribution < 1.29 is 13.5 Å². The summed E-state index contributed by atoms with van der Waals surface area (Å²) in [7, 11) is 0. The lowest BCUT2D eigenvalue weighted by Crippen LogP contribution is -2.19. The Morgan fingerprint density at radius 2 is 1.87 bits per heavy atom. The van der Waals surface area contributed by atoms with Gasteiger partial charge in [-0.05, 0) is 54.5 Å². The Balaban J connectivity index is 1.70. The Morgan fingerprint density at radius 3 is 2.57 bits per heavy atom. The molecule has 1 atom stereocenters. The second-order valence-corrected chi connectivity index (χ2v) is 6.11. The molecule has 3 rings (SSSR count). The van der Waals surface area contributed by atoms with Gasteiger partial charge in [0.1, 0.15) is 5.75 Å². The molecule has 0 amide bonds. The molecule has 2 aromatic rings. The molecule has 0 unspecified atom stereocenters. The van der Waals surface area contributed by atoms with E-state index in [0.717, 1.165) is 36.1 Å². The molecular weight excluding hydrogens is 296 g/mol. The van der Waals surface area contributed by atoms with E-state index in [0.29, 0.717) is 6.04 Å². The van der Waals surface area contributed by atoms with E-state index < -0.39 is 6.61 Å². The molecule has 0 bridgehead atoms. The molecular formula is C19H21F2NO. The molecule has 0 aliphatic heterocycles. The maximum Gasteiger partial charge on any atom is 0.387 e. The molecule has 4 heteroatoms. The fraction of sp³-hybridized carbons (Fsp3) is 0.368. The lowest BCUT2D eigenvalue weighted by atomic mass is 10.0. The third kappa shape index (κ3) is 3.53. The Labute approximate surface area is 135 Å². The Kier molecular flexibility index (Phi) is 4.62. The summed E-state index contributed by atoms with van der Waals surface area (Å²) in [5.41, 5.74) is 5.37. The molecule has 23 heavy (non-hydrogen) atoms. The van der Waals surface area contributed by atoms with Crippen LogP contribution in [0.3, 0.4) is 0 Å². The monoisotopic (exact) mass is 317 g/mol. The highest BCUT2D eigenvalue weighted by atomic mass is 19.3. The summed E-state index contributed by atoms with van der Waals surface area (Å²) in [5.74, 6) is 0.287. The van der Waals surface area contributed by atoms with Gasteiger partial charge in [-0.25, -0.2) is 0 Å². The summed E-state index contributed by atoms with van der Waals surface area (Å²) in [6.07, 6.45) is 2.21. The van der Waals surface area contributed by atoms with Crippen molar-refractivity contribution in [2.24, 2.45) is 0 Å². The van der Waals surface area contributed by atoms with Crippen LogP contribution in [-0.2, 0) is 13.0 Å². The average Bonchev–Trinajstić information content (AvgIpc) is 2.92. The van der Waals surface area contributed by atoms with Crippen molar-refractivity contribution in [3.8, 4) is 5.75 Å². The molecule has 0 spiro atoms. The van der Waals surface area contributed by atoms with Crippen molar-refractivity contribution in [3.63, 3.8) is 0 Å². The maximum atomic E-state index is 12.4. The molecule has 0 radical (unpaired) electrons. The van der Waals surface area contributed by atoms with Crippen LogP contribution >= 0.6 is 0 Å². The molecule has 0 saturated carbocycles. The summed E-state index contributed by atoms with van der Waals surface area (Å²) >= 11 is 0. The van der Waals surface area contributed by atoms with Crippen LogP contribution in [0, 0.1) is 13.8 Å². The van der Waals surface area contributed by atoms with Crippen molar-refractivity contribution in [1.29, 1.82) is 0 Å². The molecule has 2 nitrogen and oxygen atoms in total. The smallest absolute Gasteiger partial charge is 0.387 e. The number of alkyl halides is 2. The maximum absolute atomic E-state index is 12.4. The summed E-state index contributed by atoms with van der Waals surface area (Å²) < 4.78 is 29.5. The van der Waals surface area contributed by atoms with Crippen LogP contribution in [0.4, 0.5) is 8.78 Å². The molecule has 1 N–H and O–H groups in total. The Morgan fingerprint density at radius 1 is 1.17 bits per heavy atom. The number of aryl methyl sites for hydroxylation is 3. The van der Waals surface area contributed by atoms with Gasteiger partial charge in [-0.3, -0.25) is 0 Å². The fourth-order valence-electron chi connectivity index (χ4n) is 3.43. The van der Waals surface area contributed by atoms with Gasteiger partial charge in [0.05, 0.1) is 0 Å². The lowest BCUT2D eigenvalue weighted by Gasteiger charge is -2.17. The van der Waals surface area contributed by atoms with E-state index in [1.165, 1.54) is 11.1 Å². The van der Waals surface area contributed by atoms with Gasteiger partial charge in [0.2, 0.25) is 0 Å². The third-order valence-corrected chi connectivity index (χ3v) is 4.41. The second kappa shape index (κ2) is 6.67. The average molecular weight is 317 g/mol. The largest absolute Gasteiger partial charge is 0.434 e. The zero-order valence-electron chi connectivity index (χ0n) is 13.4. The molecule has 2 aromatic carbocycles. The minimum Gasteiger partial charge on any atom is -0.434 e. The van der Waals surface area contributed by atoms with E-state index in [1.54, 1.807) is 13.8 Å². The van der Waals surface area contributed by atoms with Gasteiger partial charge < -0.3 is 10.1 Å². The third-order valence-electron chi connectivity index (χ3n) is 4.41. The highest BCUT2D eigenvalue weighted by Gasteiger charge is 2.21. The first-order valence-corrected chi connectivity index (χ1v) is 7.90.